The Morgan fingerprint density at radius 2 is 2.00 bits per heavy atom. The quantitative estimate of drug-likeness (QED) is 0.581. The first-order valence-corrected chi connectivity index (χ1v) is 6.09. The highest BCUT2D eigenvalue weighted by Crippen LogP contribution is 2.04. The molecule has 0 aliphatic carbocycles. The van der Waals surface area contributed by atoms with Crippen LogP contribution in [0.2, 0.25) is 0 Å². The van der Waals surface area contributed by atoms with Crippen LogP contribution in [0.4, 0.5) is 0 Å². The fraction of sp³-hybridized carbons (Fsp3) is 0.429. The van der Waals surface area contributed by atoms with E-state index in [1.165, 1.54) is 0 Å². The number of nitrogens with one attached hydrogen (secondary N) is 1. The largest absolute Gasteiger partial charge is 0.343 e. The summed E-state index contributed by atoms with van der Waals surface area (Å²) in [4.78, 5) is 22.6. The smallest absolute Gasteiger partial charge is 0.251 e. The molecule has 0 saturated heterocycles. The maximum Gasteiger partial charge on any atom is 0.251 e. The molecule has 0 saturated carbocycles. The monoisotopic (exact) mass is 233 g/mol. The molecule has 1 N–H and O–H groups in total. The minimum atomic E-state index is -0.366. The van der Waals surface area contributed by atoms with Crippen LogP contribution >= 0.6 is 0 Å². The van der Waals surface area contributed by atoms with Gasteiger partial charge in [-0.15, -0.1) is 0 Å². The second-order valence-corrected chi connectivity index (χ2v) is 4.08. The van der Waals surface area contributed by atoms with Crippen molar-refractivity contribution in [3.63, 3.8) is 0 Å². The molecule has 1 rings (SSSR count). The summed E-state index contributed by atoms with van der Waals surface area (Å²) in [6.07, 6.45) is 4.70. The number of hydrogen-bond donors (Lipinski definition) is 1. The number of rotatable bonds is 7. The van der Waals surface area contributed by atoms with E-state index in [1.807, 2.05) is 18.2 Å². The Labute approximate surface area is 102 Å². The lowest BCUT2D eigenvalue weighted by atomic mass is 10.1. The number of hydrogen-bond acceptors (Lipinski definition) is 2. The fourth-order valence-corrected chi connectivity index (χ4v) is 1.63. The Bertz CT molecular complexity index is 348. The summed E-state index contributed by atoms with van der Waals surface area (Å²) < 4.78 is 0. The lowest BCUT2D eigenvalue weighted by Crippen LogP contribution is -2.35. The zero-order valence-corrected chi connectivity index (χ0v) is 10.2. The second-order valence-electron chi connectivity index (χ2n) is 4.08. The van der Waals surface area contributed by atoms with Crippen LogP contribution in [-0.2, 0) is 4.79 Å². The molecule has 0 aliphatic heterocycles. The molecule has 1 aromatic rings. The van der Waals surface area contributed by atoms with Gasteiger partial charge in [0.05, 0.1) is 6.04 Å². The highest BCUT2D eigenvalue weighted by atomic mass is 16.2. The third-order valence-corrected chi connectivity index (χ3v) is 2.64. The Kier molecular flexibility index (Phi) is 6.00. The van der Waals surface area contributed by atoms with E-state index >= 15 is 0 Å². The van der Waals surface area contributed by atoms with E-state index < -0.39 is 0 Å². The van der Waals surface area contributed by atoms with E-state index in [9.17, 15) is 9.59 Å². The van der Waals surface area contributed by atoms with E-state index in [1.54, 1.807) is 12.1 Å². The number of aldehydes is 1. The Morgan fingerprint density at radius 3 is 2.59 bits per heavy atom. The number of unbranched alkanes of at least 4 members (excludes halogenated alkanes) is 2. The van der Waals surface area contributed by atoms with Crippen molar-refractivity contribution < 1.29 is 9.59 Å². The number of benzene rings is 1. The summed E-state index contributed by atoms with van der Waals surface area (Å²) in [6, 6.07) is 8.58. The van der Waals surface area contributed by atoms with Gasteiger partial charge in [0.2, 0.25) is 0 Å². The van der Waals surface area contributed by atoms with Gasteiger partial charge in [-0.3, -0.25) is 4.79 Å². The SMILES string of the molecule is CCCCC[C@@H](C=O)NC(=O)c1ccccc1. The molecular weight excluding hydrogens is 214 g/mol. The van der Waals surface area contributed by atoms with Crippen molar-refractivity contribution in [2.45, 2.75) is 38.6 Å². The van der Waals surface area contributed by atoms with Crippen LogP contribution in [0.5, 0.6) is 0 Å². The van der Waals surface area contributed by atoms with Crippen LogP contribution < -0.4 is 5.32 Å². The third kappa shape index (κ3) is 4.81. The molecular formula is C14H19NO2. The first-order valence-electron chi connectivity index (χ1n) is 6.09. The van der Waals surface area contributed by atoms with E-state index in [0.717, 1.165) is 32.0 Å². The molecule has 0 radical (unpaired) electrons. The van der Waals surface area contributed by atoms with Gasteiger partial charge in [-0.2, -0.15) is 0 Å². The fourth-order valence-electron chi connectivity index (χ4n) is 1.63. The molecule has 1 amide bonds. The third-order valence-electron chi connectivity index (χ3n) is 2.64. The molecule has 0 aliphatic rings. The minimum Gasteiger partial charge on any atom is -0.343 e. The summed E-state index contributed by atoms with van der Waals surface area (Å²) in [5.41, 5.74) is 0.592. The molecule has 0 bridgehead atoms. The van der Waals surface area contributed by atoms with Crippen molar-refractivity contribution >= 4 is 12.2 Å². The first-order chi connectivity index (χ1) is 8.27. The molecule has 3 nitrogen and oxygen atoms in total. The van der Waals surface area contributed by atoms with Crippen molar-refractivity contribution in [2.75, 3.05) is 0 Å². The first kappa shape index (κ1) is 13.4. The molecule has 0 spiro atoms. The lowest BCUT2D eigenvalue weighted by Gasteiger charge is -2.12. The number of carbonyl (C=O) groups excluding carboxylic acids is 2. The molecule has 0 heterocycles. The number of amides is 1. The maximum atomic E-state index is 11.8. The van der Waals surface area contributed by atoms with Crippen LogP contribution in [0.3, 0.4) is 0 Å². The van der Waals surface area contributed by atoms with Crippen LogP contribution in [-0.4, -0.2) is 18.2 Å². The highest BCUT2D eigenvalue weighted by molar-refractivity contribution is 5.95. The van der Waals surface area contributed by atoms with E-state index in [-0.39, 0.29) is 11.9 Å². The normalized spacial score (nSPS) is 11.8. The zero-order valence-electron chi connectivity index (χ0n) is 10.2. The lowest BCUT2D eigenvalue weighted by molar-refractivity contribution is -0.109. The van der Waals surface area contributed by atoms with Crippen molar-refractivity contribution in [1.29, 1.82) is 0 Å². The maximum absolute atomic E-state index is 11.8. The zero-order chi connectivity index (χ0) is 12.5. The van der Waals surface area contributed by atoms with Gasteiger partial charge in [0.1, 0.15) is 6.29 Å². The summed E-state index contributed by atoms with van der Waals surface area (Å²) in [5, 5.41) is 2.73. The summed E-state index contributed by atoms with van der Waals surface area (Å²) >= 11 is 0. The molecule has 0 unspecified atom stereocenters. The molecule has 1 atom stereocenters. The summed E-state index contributed by atoms with van der Waals surface area (Å²) in [6.45, 7) is 2.11. The van der Waals surface area contributed by atoms with Gasteiger partial charge in [0.25, 0.3) is 5.91 Å². The standard InChI is InChI=1S/C14H19NO2/c1-2-3-5-10-13(11-16)15-14(17)12-8-6-4-7-9-12/h4,6-9,11,13H,2-3,5,10H2,1H3,(H,15,17)/t13-/m0/s1. The summed E-state index contributed by atoms with van der Waals surface area (Å²) in [5.74, 6) is -0.181. The second kappa shape index (κ2) is 7.60. The Balaban J connectivity index is 2.45. The predicted molar refractivity (Wildman–Crippen MR) is 67.9 cm³/mol. The molecule has 0 fully saturated rings. The average Bonchev–Trinajstić information content (AvgIpc) is 2.38. The van der Waals surface area contributed by atoms with E-state index in [0.29, 0.717) is 5.56 Å². The van der Waals surface area contributed by atoms with Crippen molar-refractivity contribution in [1.82, 2.24) is 5.32 Å². The van der Waals surface area contributed by atoms with Crippen LogP contribution in [0.15, 0.2) is 30.3 Å². The molecule has 0 aromatic heterocycles. The van der Waals surface area contributed by atoms with Gasteiger partial charge in [-0.05, 0) is 18.6 Å². The summed E-state index contributed by atoms with van der Waals surface area (Å²) in [7, 11) is 0. The average molecular weight is 233 g/mol. The van der Waals surface area contributed by atoms with Gasteiger partial charge in [-0.1, -0.05) is 44.4 Å². The number of carbonyl (C=O) groups is 2. The predicted octanol–water partition coefficient (Wildman–Crippen LogP) is 2.56. The molecule has 1 aromatic carbocycles. The van der Waals surface area contributed by atoms with Crippen LogP contribution in [0.25, 0.3) is 0 Å². The topological polar surface area (TPSA) is 46.2 Å². The van der Waals surface area contributed by atoms with Gasteiger partial charge >= 0.3 is 0 Å². The van der Waals surface area contributed by atoms with Crippen molar-refractivity contribution in [3.8, 4) is 0 Å². The van der Waals surface area contributed by atoms with Crippen molar-refractivity contribution in [3.05, 3.63) is 35.9 Å². The highest BCUT2D eigenvalue weighted by Gasteiger charge is 2.11. The molecule has 17 heavy (non-hydrogen) atoms. The van der Waals surface area contributed by atoms with E-state index in [4.69, 9.17) is 0 Å². The van der Waals surface area contributed by atoms with Gasteiger partial charge in [-0.25, -0.2) is 0 Å². The molecule has 3 heteroatoms. The van der Waals surface area contributed by atoms with Crippen LogP contribution in [0.1, 0.15) is 43.0 Å². The minimum absolute atomic E-state index is 0.181. The van der Waals surface area contributed by atoms with Crippen molar-refractivity contribution in [2.24, 2.45) is 0 Å². The Morgan fingerprint density at radius 1 is 1.29 bits per heavy atom. The molecule has 92 valence electrons. The van der Waals surface area contributed by atoms with Gasteiger partial charge < -0.3 is 10.1 Å². The Hall–Kier alpha value is -1.64. The van der Waals surface area contributed by atoms with Gasteiger partial charge in [0, 0.05) is 5.56 Å². The van der Waals surface area contributed by atoms with Crippen LogP contribution in [0, 0.1) is 0 Å². The van der Waals surface area contributed by atoms with Gasteiger partial charge in [0.15, 0.2) is 0 Å². The van der Waals surface area contributed by atoms with E-state index in [2.05, 4.69) is 12.2 Å².